The van der Waals surface area contributed by atoms with Gasteiger partial charge in [-0.05, 0) is 18.2 Å². The number of anilines is 1. The van der Waals surface area contributed by atoms with E-state index in [4.69, 9.17) is 16.3 Å². The van der Waals surface area contributed by atoms with Gasteiger partial charge in [-0.25, -0.2) is 14.8 Å². The third-order valence-electron chi connectivity index (χ3n) is 4.38. The normalized spacial score (nSPS) is 10.3. The van der Waals surface area contributed by atoms with Gasteiger partial charge in [0.15, 0.2) is 0 Å². The Morgan fingerprint density at radius 3 is 2.12 bits per heavy atom. The summed E-state index contributed by atoms with van der Waals surface area (Å²) in [6.07, 6.45) is -0.444. The van der Waals surface area contributed by atoms with Crippen molar-refractivity contribution < 1.29 is 19.1 Å². The van der Waals surface area contributed by atoms with Crippen LogP contribution in [0.15, 0.2) is 30.3 Å². The third-order valence-corrected chi connectivity index (χ3v) is 4.63. The summed E-state index contributed by atoms with van der Waals surface area (Å²) in [5.74, 6) is -0.311. The molecule has 2 rings (SSSR count). The Kier molecular flexibility index (Phi) is 9.21. The molecule has 0 atom stereocenters. The average Bonchev–Trinajstić information content (AvgIpc) is 2.78. The molecule has 1 aromatic heterocycles. The van der Waals surface area contributed by atoms with Crippen LogP contribution in [0.4, 0.5) is 10.7 Å². The van der Waals surface area contributed by atoms with Gasteiger partial charge in [0.2, 0.25) is 17.8 Å². The van der Waals surface area contributed by atoms with Gasteiger partial charge < -0.3 is 20.3 Å². The first-order chi connectivity index (χ1) is 15.2. The fourth-order valence-corrected chi connectivity index (χ4v) is 2.73. The van der Waals surface area contributed by atoms with Crippen LogP contribution in [0.1, 0.15) is 5.69 Å². The van der Waals surface area contributed by atoms with Crippen molar-refractivity contribution in [3.8, 4) is 11.3 Å². The molecule has 0 bridgehead atoms. The molecule has 10 nitrogen and oxygen atoms in total. The summed E-state index contributed by atoms with van der Waals surface area (Å²) < 4.78 is 5.30. The van der Waals surface area contributed by atoms with Gasteiger partial charge in [0.05, 0.1) is 12.3 Å². The van der Waals surface area contributed by atoms with E-state index in [1.165, 1.54) is 14.1 Å². The van der Waals surface area contributed by atoms with Gasteiger partial charge in [-0.15, -0.1) is 0 Å². The highest BCUT2D eigenvalue weighted by Crippen LogP contribution is 2.22. The molecule has 3 amide bonds. The van der Waals surface area contributed by atoms with E-state index in [1.807, 2.05) is 32.3 Å². The minimum Gasteiger partial charge on any atom is -0.449 e. The fraction of sp³-hybridized carbons (Fsp3) is 0.381. The van der Waals surface area contributed by atoms with E-state index >= 15 is 0 Å². The van der Waals surface area contributed by atoms with Crippen LogP contribution in [-0.2, 0) is 20.7 Å². The second-order valence-corrected chi connectivity index (χ2v) is 7.45. The average molecular weight is 463 g/mol. The SMILES string of the molecule is CNC(=O)CN(CC(=O)NC)C(=O)OCCc1cc(-c2ccc(Cl)cc2)nc(N(C)C)n1. The number of aromatic nitrogens is 2. The first-order valence-corrected chi connectivity index (χ1v) is 10.3. The second-order valence-electron chi connectivity index (χ2n) is 7.01. The van der Waals surface area contributed by atoms with E-state index < -0.39 is 17.9 Å². The third kappa shape index (κ3) is 7.38. The molecule has 1 aromatic carbocycles. The summed E-state index contributed by atoms with van der Waals surface area (Å²) in [5, 5.41) is 5.46. The van der Waals surface area contributed by atoms with E-state index in [9.17, 15) is 14.4 Å². The number of hydrogen-bond donors (Lipinski definition) is 2. The summed E-state index contributed by atoms with van der Waals surface area (Å²) in [4.78, 5) is 47.6. The highest BCUT2D eigenvalue weighted by Gasteiger charge is 2.21. The summed E-state index contributed by atoms with van der Waals surface area (Å²) >= 11 is 5.97. The van der Waals surface area contributed by atoms with E-state index in [1.54, 1.807) is 17.0 Å². The van der Waals surface area contributed by atoms with Gasteiger partial charge in [0, 0.05) is 50.9 Å². The zero-order valence-corrected chi connectivity index (χ0v) is 19.3. The number of nitrogens with zero attached hydrogens (tertiary/aromatic N) is 4. The Hall–Kier alpha value is -3.40. The maximum absolute atomic E-state index is 12.4. The molecule has 0 fully saturated rings. The van der Waals surface area contributed by atoms with Crippen LogP contribution in [0.3, 0.4) is 0 Å². The zero-order chi connectivity index (χ0) is 23.7. The molecule has 2 aromatic rings. The largest absolute Gasteiger partial charge is 0.449 e. The molecule has 0 unspecified atom stereocenters. The smallest absolute Gasteiger partial charge is 0.410 e. The van der Waals surface area contributed by atoms with Crippen molar-refractivity contribution in [3.63, 3.8) is 0 Å². The summed E-state index contributed by atoms with van der Waals surface area (Å²) in [5.41, 5.74) is 2.26. The van der Waals surface area contributed by atoms with Crippen molar-refractivity contribution in [2.24, 2.45) is 0 Å². The van der Waals surface area contributed by atoms with Crippen LogP contribution in [0, 0.1) is 0 Å². The highest BCUT2D eigenvalue weighted by molar-refractivity contribution is 6.30. The van der Waals surface area contributed by atoms with Crippen LogP contribution < -0.4 is 15.5 Å². The predicted molar refractivity (Wildman–Crippen MR) is 122 cm³/mol. The van der Waals surface area contributed by atoms with E-state index in [0.29, 0.717) is 28.8 Å². The van der Waals surface area contributed by atoms with Crippen molar-refractivity contribution in [1.29, 1.82) is 0 Å². The summed E-state index contributed by atoms with van der Waals surface area (Å²) in [6, 6.07) is 9.11. The molecular formula is C21H27ClN6O4. The van der Waals surface area contributed by atoms with Crippen LogP contribution in [-0.4, -0.2) is 80.7 Å². The Morgan fingerprint density at radius 2 is 1.59 bits per heavy atom. The Morgan fingerprint density at radius 1 is 1.00 bits per heavy atom. The van der Waals surface area contributed by atoms with Crippen molar-refractivity contribution in [1.82, 2.24) is 25.5 Å². The number of likely N-dealkylation sites (N-methyl/N-ethyl adjacent to an activating group) is 2. The lowest BCUT2D eigenvalue weighted by Gasteiger charge is -2.20. The molecule has 0 saturated heterocycles. The Bertz CT molecular complexity index is 934. The molecule has 0 aliphatic rings. The zero-order valence-electron chi connectivity index (χ0n) is 18.5. The van der Waals surface area contributed by atoms with Crippen LogP contribution in [0.25, 0.3) is 11.3 Å². The molecule has 0 spiro atoms. The molecule has 0 aliphatic carbocycles. The first-order valence-electron chi connectivity index (χ1n) is 9.87. The Balaban J connectivity index is 2.11. The van der Waals surface area contributed by atoms with E-state index in [-0.39, 0.29) is 19.7 Å². The topological polar surface area (TPSA) is 117 Å². The molecular weight excluding hydrogens is 436 g/mol. The number of benzene rings is 1. The van der Waals surface area contributed by atoms with Gasteiger partial charge in [0.1, 0.15) is 13.1 Å². The molecule has 172 valence electrons. The maximum atomic E-state index is 12.4. The molecule has 0 aliphatic heterocycles. The number of carbonyl (C=O) groups is 3. The highest BCUT2D eigenvalue weighted by atomic mass is 35.5. The Labute approximate surface area is 191 Å². The minimum atomic E-state index is -0.767. The summed E-state index contributed by atoms with van der Waals surface area (Å²) in [6.45, 7) is -0.565. The van der Waals surface area contributed by atoms with Crippen molar-refractivity contribution in [2.75, 3.05) is 52.8 Å². The van der Waals surface area contributed by atoms with E-state index in [0.717, 1.165) is 10.5 Å². The van der Waals surface area contributed by atoms with Crippen molar-refractivity contribution in [3.05, 3.63) is 41.0 Å². The first kappa shape index (κ1) is 24.9. The maximum Gasteiger partial charge on any atom is 0.410 e. The predicted octanol–water partition coefficient (Wildman–Crippen LogP) is 1.34. The molecule has 32 heavy (non-hydrogen) atoms. The standard InChI is InChI=1S/C21H27ClN6O4/c1-23-18(29)12-28(13-19(30)24-2)21(31)32-10-9-16-11-17(26-20(25-16)27(3)4)14-5-7-15(22)8-6-14/h5-8,11H,9-10,12-13H2,1-4H3,(H,23,29)(H,24,30). The lowest BCUT2D eigenvalue weighted by atomic mass is 10.1. The fourth-order valence-electron chi connectivity index (χ4n) is 2.60. The minimum absolute atomic E-state index is 0.0146. The van der Waals surface area contributed by atoms with Crippen LogP contribution >= 0.6 is 11.6 Å². The number of halogens is 1. The number of hydrogen-bond acceptors (Lipinski definition) is 7. The number of amides is 3. The number of rotatable bonds is 9. The molecule has 0 saturated carbocycles. The van der Waals surface area contributed by atoms with Gasteiger partial charge >= 0.3 is 6.09 Å². The lowest BCUT2D eigenvalue weighted by Crippen LogP contribution is -2.45. The summed E-state index contributed by atoms with van der Waals surface area (Å²) in [7, 11) is 6.56. The molecule has 2 N–H and O–H groups in total. The number of carbonyl (C=O) groups excluding carboxylic acids is 3. The van der Waals surface area contributed by atoms with Crippen molar-refractivity contribution >= 4 is 35.5 Å². The van der Waals surface area contributed by atoms with Crippen LogP contribution in [0.5, 0.6) is 0 Å². The molecule has 1 heterocycles. The molecule has 11 heteroatoms. The van der Waals surface area contributed by atoms with Gasteiger partial charge in [-0.3, -0.25) is 14.5 Å². The quantitative estimate of drug-likeness (QED) is 0.577. The van der Waals surface area contributed by atoms with Crippen molar-refractivity contribution in [2.45, 2.75) is 6.42 Å². The van der Waals surface area contributed by atoms with Gasteiger partial charge in [-0.2, -0.15) is 0 Å². The number of nitrogens with one attached hydrogen (secondary N) is 2. The van der Waals surface area contributed by atoms with E-state index in [2.05, 4.69) is 20.6 Å². The van der Waals surface area contributed by atoms with Gasteiger partial charge in [-0.1, -0.05) is 23.7 Å². The lowest BCUT2D eigenvalue weighted by molar-refractivity contribution is -0.124. The number of ether oxygens (including phenoxy) is 1. The monoisotopic (exact) mass is 462 g/mol. The molecule has 0 radical (unpaired) electrons. The van der Waals surface area contributed by atoms with Gasteiger partial charge in [0.25, 0.3) is 0 Å². The second kappa shape index (κ2) is 11.8. The van der Waals surface area contributed by atoms with Crippen LogP contribution in [0.2, 0.25) is 5.02 Å².